The lowest BCUT2D eigenvalue weighted by molar-refractivity contribution is -0.117. The van der Waals surface area contributed by atoms with Crippen molar-refractivity contribution in [1.82, 2.24) is 5.32 Å². The van der Waals surface area contributed by atoms with Crippen LogP contribution < -0.4 is 15.5 Å². The lowest BCUT2D eigenvalue weighted by Gasteiger charge is -2.22. The predicted octanol–water partition coefficient (Wildman–Crippen LogP) is 5.47. The zero-order valence-electron chi connectivity index (χ0n) is 18.0. The monoisotopic (exact) mass is 409 g/mol. The summed E-state index contributed by atoms with van der Waals surface area (Å²) < 4.78 is 0. The van der Waals surface area contributed by atoms with Gasteiger partial charge in [0.2, 0.25) is 5.91 Å². The number of hydrogen-bond acceptors (Lipinski definition) is 2. The van der Waals surface area contributed by atoms with Crippen LogP contribution in [0.25, 0.3) is 0 Å². The largest absolute Gasteiger partial charge is 0.356 e. The molecule has 0 unspecified atom stereocenters. The fourth-order valence-corrected chi connectivity index (χ4v) is 3.89. The Morgan fingerprint density at radius 2 is 1.83 bits per heavy atom. The SMILES string of the molecule is Cc1ccc(NC(=S)N[C@H](C)c2ccc(C(C)(C)C)cc2)cc1N1CCCC1=O. The first kappa shape index (κ1) is 21.3. The topological polar surface area (TPSA) is 44.4 Å². The van der Waals surface area contributed by atoms with Gasteiger partial charge in [-0.15, -0.1) is 0 Å². The molecule has 4 nitrogen and oxygen atoms in total. The number of nitrogens with zero attached hydrogens (tertiary/aromatic N) is 1. The Labute approximate surface area is 179 Å². The maximum absolute atomic E-state index is 12.1. The zero-order valence-corrected chi connectivity index (χ0v) is 18.8. The van der Waals surface area contributed by atoms with Crippen LogP contribution in [0.3, 0.4) is 0 Å². The highest BCUT2D eigenvalue weighted by Crippen LogP contribution is 2.28. The van der Waals surface area contributed by atoms with Gasteiger partial charge in [0.25, 0.3) is 0 Å². The normalized spacial score (nSPS) is 15.3. The molecule has 5 heteroatoms. The molecular weight excluding hydrogens is 378 g/mol. The van der Waals surface area contributed by atoms with Crippen molar-refractivity contribution < 1.29 is 4.79 Å². The molecule has 29 heavy (non-hydrogen) atoms. The molecule has 154 valence electrons. The molecule has 1 atom stereocenters. The Hall–Kier alpha value is -2.40. The average Bonchev–Trinajstić information content (AvgIpc) is 3.08. The number of aryl methyl sites for hydroxylation is 1. The minimum Gasteiger partial charge on any atom is -0.356 e. The minimum atomic E-state index is 0.0918. The summed E-state index contributed by atoms with van der Waals surface area (Å²) >= 11 is 5.53. The molecule has 1 heterocycles. The number of anilines is 2. The van der Waals surface area contributed by atoms with Gasteiger partial charge in [-0.25, -0.2) is 0 Å². The van der Waals surface area contributed by atoms with Gasteiger partial charge in [-0.2, -0.15) is 0 Å². The number of carbonyl (C=O) groups excluding carboxylic acids is 1. The Balaban J connectivity index is 1.65. The summed E-state index contributed by atoms with van der Waals surface area (Å²) in [5.41, 5.74) is 5.60. The average molecular weight is 410 g/mol. The Bertz CT molecular complexity index is 899. The van der Waals surface area contributed by atoms with Crippen LogP contribution in [-0.2, 0) is 10.2 Å². The third kappa shape index (κ3) is 5.15. The van der Waals surface area contributed by atoms with Crippen LogP contribution in [-0.4, -0.2) is 17.6 Å². The molecule has 1 aliphatic rings. The van der Waals surface area contributed by atoms with Crippen molar-refractivity contribution in [2.45, 2.75) is 58.9 Å². The lowest BCUT2D eigenvalue weighted by Crippen LogP contribution is -2.31. The second-order valence-electron chi connectivity index (χ2n) is 8.84. The van der Waals surface area contributed by atoms with Crippen molar-refractivity contribution in [2.24, 2.45) is 0 Å². The second-order valence-corrected chi connectivity index (χ2v) is 9.25. The van der Waals surface area contributed by atoms with Crippen molar-refractivity contribution in [3.8, 4) is 0 Å². The number of hydrogen-bond donors (Lipinski definition) is 2. The smallest absolute Gasteiger partial charge is 0.227 e. The molecule has 1 amide bonds. The van der Waals surface area contributed by atoms with Gasteiger partial charge in [-0.3, -0.25) is 4.79 Å². The fraction of sp³-hybridized carbons (Fsp3) is 0.417. The van der Waals surface area contributed by atoms with Crippen LogP contribution in [0, 0.1) is 6.92 Å². The quantitative estimate of drug-likeness (QED) is 0.658. The molecule has 1 aliphatic heterocycles. The molecule has 1 fully saturated rings. The number of benzene rings is 2. The van der Waals surface area contributed by atoms with Gasteiger partial charge in [0.05, 0.1) is 6.04 Å². The number of rotatable bonds is 4. The van der Waals surface area contributed by atoms with E-state index in [1.54, 1.807) is 0 Å². The van der Waals surface area contributed by atoms with Crippen LogP contribution in [0.2, 0.25) is 0 Å². The third-order valence-corrected chi connectivity index (χ3v) is 5.68. The Morgan fingerprint density at radius 3 is 2.41 bits per heavy atom. The van der Waals surface area contributed by atoms with Crippen LogP contribution >= 0.6 is 12.2 Å². The van der Waals surface area contributed by atoms with Crippen molar-refractivity contribution >= 4 is 34.6 Å². The number of thiocarbonyl (C=S) groups is 1. The van der Waals surface area contributed by atoms with Crippen molar-refractivity contribution in [3.05, 3.63) is 59.2 Å². The summed E-state index contributed by atoms with van der Waals surface area (Å²) in [5, 5.41) is 7.19. The molecule has 0 saturated carbocycles. The van der Waals surface area contributed by atoms with Crippen LogP contribution in [0.4, 0.5) is 11.4 Å². The van der Waals surface area contributed by atoms with E-state index in [0.717, 1.165) is 29.9 Å². The highest BCUT2D eigenvalue weighted by molar-refractivity contribution is 7.80. The summed E-state index contributed by atoms with van der Waals surface area (Å²) in [5.74, 6) is 0.193. The minimum absolute atomic E-state index is 0.0918. The van der Waals surface area contributed by atoms with E-state index in [1.807, 2.05) is 30.0 Å². The first-order valence-corrected chi connectivity index (χ1v) is 10.6. The van der Waals surface area contributed by atoms with E-state index in [2.05, 4.69) is 62.6 Å². The lowest BCUT2D eigenvalue weighted by atomic mass is 9.86. The molecule has 1 saturated heterocycles. The molecule has 0 aromatic heterocycles. The van der Waals surface area contributed by atoms with Gasteiger partial charge >= 0.3 is 0 Å². The molecule has 3 rings (SSSR count). The van der Waals surface area contributed by atoms with E-state index >= 15 is 0 Å². The summed E-state index contributed by atoms with van der Waals surface area (Å²) in [6, 6.07) is 14.8. The summed E-state index contributed by atoms with van der Waals surface area (Å²) in [4.78, 5) is 14.0. The third-order valence-electron chi connectivity index (χ3n) is 5.46. The molecule has 2 aromatic rings. The van der Waals surface area contributed by atoms with Gasteiger partial charge in [0.1, 0.15) is 0 Å². The number of nitrogens with one attached hydrogen (secondary N) is 2. The number of amides is 1. The van der Waals surface area contributed by atoms with E-state index in [0.29, 0.717) is 11.5 Å². The van der Waals surface area contributed by atoms with Gasteiger partial charge in [-0.05, 0) is 66.7 Å². The van der Waals surface area contributed by atoms with E-state index in [1.165, 1.54) is 11.1 Å². The van der Waals surface area contributed by atoms with E-state index in [-0.39, 0.29) is 17.4 Å². The molecule has 0 spiro atoms. The van der Waals surface area contributed by atoms with E-state index < -0.39 is 0 Å². The van der Waals surface area contributed by atoms with Crippen LogP contribution in [0.5, 0.6) is 0 Å². The zero-order chi connectivity index (χ0) is 21.2. The summed E-state index contributed by atoms with van der Waals surface area (Å²) in [6.45, 7) is 11.6. The molecule has 0 radical (unpaired) electrons. The molecule has 2 N–H and O–H groups in total. The molecule has 0 bridgehead atoms. The van der Waals surface area contributed by atoms with Gasteiger partial charge in [-0.1, -0.05) is 51.1 Å². The van der Waals surface area contributed by atoms with Crippen LogP contribution in [0.15, 0.2) is 42.5 Å². The van der Waals surface area contributed by atoms with E-state index in [4.69, 9.17) is 12.2 Å². The first-order chi connectivity index (χ1) is 13.6. The maximum Gasteiger partial charge on any atom is 0.227 e. The van der Waals surface area contributed by atoms with Gasteiger partial charge in [0, 0.05) is 24.3 Å². The highest BCUT2D eigenvalue weighted by Gasteiger charge is 2.23. The molecule has 2 aromatic carbocycles. The maximum atomic E-state index is 12.1. The predicted molar refractivity (Wildman–Crippen MR) is 126 cm³/mol. The van der Waals surface area contributed by atoms with Gasteiger partial charge < -0.3 is 15.5 Å². The fourth-order valence-electron chi connectivity index (χ4n) is 3.60. The van der Waals surface area contributed by atoms with Crippen molar-refractivity contribution in [2.75, 3.05) is 16.8 Å². The van der Waals surface area contributed by atoms with Gasteiger partial charge in [0.15, 0.2) is 5.11 Å². The van der Waals surface area contributed by atoms with Crippen molar-refractivity contribution in [3.63, 3.8) is 0 Å². The Morgan fingerprint density at radius 1 is 1.14 bits per heavy atom. The van der Waals surface area contributed by atoms with Crippen LogP contribution in [0.1, 0.15) is 63.3 Å². The summed E-state index contributed by atoms with van der Waals surface area (Å²) in [6.07, 6.45) is 1.55. The highest BCUT2D eigenvalue weighted by atomic mass is 32.1. The number of carbonyl (C=O) groups is 1. The van der Waals surface area contributed by atoms with Crippen molar-refractivity contribution in [1.29, 1.82) is 0 Å². The molecule has 0 aliphatic carbocycles. The second kappa shape index (κ2) is 8.54. The summed E-state index contributed by atoms with van der Waals surface area (Å²) in [7, 11) is 0. The Kier molecular flexibility index (Phi) is 6.27. The van der Waals surface area contributed by atoms with E-state index in [9.17, 15) is 4.79 Å². The standard InChI is InChI=1S/C24H31N3OS/c1-16-8-13-20(15-21(16)27-14-6-7-22(27)28)26-23(29)25-17(2)18-9-11-19(12-10-18)24(3,4)5/h8-13,15,17H,6-7,14H2,1-5H3,(H2,25,26,29)/t17-/m1/s1. The first-order valence-electron chi connectivity index (χ1n) is 10.2. The molecular formula is C24H31N3OS.